The maximum absolute atomic E-state index is 12.3. The molecule has 1 aliphatic carbocycles. The third-order valence-corrected chi connectivity index (χ3v) is 2.77. The maximum atomic E-state index is 12.3. The summed E-state index contributed by atoms with van der Waals surface area (Å²) in [5.41, 5.74) is 0. The summed E-state index contributed by atoms with van der Waals surface area (Å²) in [6.45, 7) is 4.32. The Morgan fingerprint density at radius 3 is 2.50 bits per heavy atom. The van der Waals surface area contributed by atoms with Gasteiger partial charge in [-0.2, -0.15) is 0 Å². The van der Waals surface area contributed by atoms with Gasteiger partial charge in [0.2, 0.25) is 0 Å². The first-order valence-corrected chi connectivity index (χ1v) is 4.31. The fourth-order valence-electron chi connectivity index (χ4n) is 2.13. The van der Waals surface area contributed by atoms with Crippen LogP contribution in [0.3, 0.4) is 0 Å². The lowest BCUT2D eigenvalue weighted by molar-refractivity contribution is 0.242. The van der Waals surface area contributed by atoms with Gasteiger partial charge >= 0.3 is 0 Å². The van der Waals surface area contributed by atoms with Crippen molar-refractivity contribution in [1.82, 2.24) is 0 Å². The molecule has 1 rings (SSSR count). The second-order valence-electron chi connectivity index (χ2n) is 3.75. The Kier molecular flexibility index (Phi) is 2.70. The molecule has 0 N–H and O–H groups in total. The molecule has 60 valence electrons. The third kappa shape index (κ3) is 1.50. The summed E-state index contributed by atoms with van der Waals surface area (Å²) in [5.74, 6) is 1.74. The number of halogens is 1. The van der Waals surface area contributed by atoms with Crippen molar-refractivity contribution in [3.05, 3.63) is 0 Å². The molecule has 0 aromatic rings. The zero-order valence-electron chi connectivity index (χ0n) is 6.94. The predicted molar refractivity (Wildman–Crippen MR) is 41.6 cm³/mol. The van der Waals surface area contributed by atoms with Crippen LogP contribution in [0.2, 0.25) is 0 Å². The maximum Gasteiger partial charge on any atom is 0.0925 e. The molecule has 0 saturated heterocycles. The Hall–Kier alpha value is -0.0700. The number of alkyl halides is 1. The SMILES string of the molecule is CC(C)C1CCCC1CF. The van der Waals surface area contributed by atoms with E-state index in [1.165, 1.54) is 12.8 Å². The molecule has 0 amide bonds. The van der Waals surface area contributed by atoms with Gasteiger partial charge in [-0.05, 0) is 30.6 Å². The van der Waals surface area contributed by atoms with Gasteiger partial charge in [0, 0.05) is 0 Å². The van der Waals surface area contributed by atoms with Crippen molar-refractivity contribution in [2.24, 2.45) is 17.8 Å². The molecule has 0 aromatic carbocycles. The van der Waals surface area contributed by atoms with Gasteiger partial charge in [-0.25, -0.2) is 0 Å². The van der Waals surface area contributed by atoms with Crippen LogP contribution in [0.25, 0.3) is 0 Å². The zero-order chi connectivity index (χ0) is 7.56. The van der Waals surface area contributed by atoms with Crippen LogP contribution in [-0.4, -0.2) is 6.67 Å². The summed E-state index contributed by atoms with van der Waals surface area (Å²) in [4.78, 5) is 0. The summed E-state index contributed by atoms with van der Waals surface area (Å²) < 4.78 is 12.3. The van der Waals surface area contributed by atoms with Crippen molar-refractivity contribution in [3.63, 3.8) is 0 Å². The number of hydrogen-bond acceptors (Lipinski definition) is 0. The van der Waals surface area contributed by atoms with Crippen molar-refractivity contribution in [2.75, 3.05) is 6.67 Å². The van der Waals surface area contributed by atoms with Gasteiger partial charge in [-0.15, -0.1) is 0 Å². The Labute approximate surface area is 62.8 Å². The number of hydrogen-bond donors (Lipinski definition) is 0. The van der Waals surface area contributed by atoms with Crippen LogP contribution in [0.4, 0.5) is 4.39 Å². The van der Waals surface area contributed by atoms with Crippen LogP contribution in [0.15, 0.2) is 0 Å². The topological polar surface area (TPSA) is 0 Å². The molecule has 0 bridgehead atoms. The van der Waals surface area contributed by atoms with E-state index in [4.69, 9.17) is 0 Å². The van der Waals surface area contributed by atoms with E-state index in [2.05, 4.69) is 13.8 Å². The van der Waals surface area contributed by atoms with Crippen molar-refractivity contribution in [2.45, 2.75) is 33.1 Å². The molecule has 0 aromatic heterocycles. The van der Waals surface area contributed by atoms with Gasteiger partial charge in [0.25, 0.3) is 0 Å². The molecule has 10 heavy (non-hydrogen) atoms. The van der Waals surface area contributed by atoms with E-state index in [-0.39, 0.29) is 6.67 Å². The minimum Gasteiger partial charge on any atom is -0.251 e. The fraction of sp³-hybridized carbons (Fsp3) is 1.00. The molecule has 1 fully saturated rings. The monoisotopic (exact) mass is 144 g/mol. The highest BCUT2D eigenvalue weighted by Gasteiger charge is 2.28. The number of rotatable bonds is 2. The van der Waals surface area contributed by atoms with Crippen LogP contribution in [0, 0.1) is 17.8 Å². The molecule has 1 aliphatic rings. The van der Waals surface area contributed by atoms with E-state index in [1.54, 1.807) is 0 Å². The summed E-state index contributed by atoms with van der Waals surface area (Å²) in [6.07, 6.45) is 3.63. The largest absolute Gasteiger partial charge is 0.251 e. The molecule has 0 heterocycles. The highest BCUT2D eigenvalue weighted by Crippen LogP contribution is 2.36. The van der Waals surface area contributed by atoms with E-state index in [1.807, 2.05) is 0 Å². The molecule has 1 heteroatoms. The standard InChI is InChI=1S/C9H17F/c1-7(2)9-5-3-4-8(9)6-10/h7-9H,3-6H2,1-2H3. The molecular formula is C9H17F. The molecule has 2 unspecified atom stereocenters. The minimum atomic E-state index is -0.0944. The lowest BCUT2D eigenvalue weighted by Gasteiger charge is -2.19. The van der Waals surface area contributed by atoms with Gasteiger partial charge in [0.15, 0.2) is 0 Å². The van der Waals surface area contributed by atoms with Crippen LogP contribution in [0.5, 0.6) is 0 Å². The second kappa shape index (κ2) is 3.36. The highest BCUT2D eigenvalue weighted by molar-refractivity contribution is 4.78. The second-order valence-corrected chi connectivity index (χ2v) is 3.75. The van der Waals surface area contributed by atoms with Gasteiger partial charge < -0.3 is 0 Å². The summed E-state index contributed by atoms with van der Waals surface area (Å²) in [5, 5.41) is 0. The Bertz CT molecular complexity index is 98.9. The van der Waals surface area contributed by atoms with Crippen molar-refractivity contribution < 1.29 is 4.39 Å². The predicted octanol–water partition coefficient (Wildman–Crippen LogP) is 3.03. The van der Waals surface area contributed by atoms with Crippen LogP contribution < -0.4 is 0 Å². The van der Waals surface area contributed by atoms with Gasteiger partial charge in [-0.3, -0.25) is 4.39 Å². The van der Waals surface area contributed by atoms with Crippen LogP contribution in [0.1, 0.15) is 33.1 Å². The average molecular weight is 144 g/mol. The average Bonchev–Trinajstić information content (AvgIpc) is 2.33. The smallest absolute Gasteiger partial charge is 0.0925 e. The summed E-state index contributed by atoms with van der Waals surface area (Å²) in [7, 11) is 0. The molecule has 0 radical (unpaired) electrons. The van der Waals surface area contributed by atoms with E-state index in [0.29, 0.717) is 17.8 Å². The Balaban J connectivity index is 2.42. The summed E-state index contributed by atoms with van der Waals surface area (Å²) >= 11 is 0. The van der Waals surface area contributed by atoms with Crippen LogP contribution >= 0.6 is 0 Å². The highest BCUT2D eigenvalue weighted by atomic mass is 19.1. The Morgan fingerprint density at radius 1 is 1.40 bits per heavy atom. The molecule has 2 atom stereocenters. The lowest BCUT2D eigenvalue weighted by Crippen LogP contribution is -2.15. The van der Waals surface area contributed by atoms with Gasteiger partial charge in [0.1, 0.15) is 0 Å². The van der Waals surface area contributed by atoms with Crippen molar-refractivity contribution in [3.8, 4) is 0 Å². The van der Waals surface area contributed by atoms with E-state index >= 15 is 0 Å². The van der Waals surface area contributed by atoms with Gasteiger partial charge in [0.05, 0.1) is 6.67 Å². The summed E-state index contributed by atoms with van der Waals surface area (Å²) in [6, 6.07) is 0. The lowest BCUT2D eigenvalue weighted by atomic mass is 9.87. The molecule has 0 spiro atoms. The van der Waals surface area contributed by atoms with E-state index in [9.17, 15) is 4.39 Å². The van der Waals surface area contributed by atoms with Crippen LogP contribution in [-0.2, 0) is 0 Å². The first-order chi connectivity index (χ1) is 4.75. The first-order valence-electron chi connectivity index (χ1n) is 4.31. The van der Waals surface area contributed by atoms with Crippen molar-refractivity contribution in [1.29, 1.82) is 0 Å². The third-order valence-electron chi connectivity index (χ3n) is 2.77. The zero-order valence-corrected chi connectivity index (χ0v) is 6.94. The van der Waals surface area contributed by atoms with Gasteiger partial charge in [-0.1, -0.05) is 20.3 Å². The molecule has 0 aliphatic heterocycles. The molecule has 1 saturated carbocycles. The molecular weight excluding hydrogens is 127 g/mol. The quantitative estimate of drug-likeness (QED) is 0.559. The first kappa shape index (κ1) is 8.03. The normalized spacial score (nSPS) is 33.6. The van der Waals surface area contributed by atoms with Crippen molar-refractivity contribution >= 4 is 0 Å². The van der Waals surface area contributed by atoms with E-state index in [0.717, 1.165) is 6.42 Å². The van der Waals surface area contributed by atoms with E-state index < -0.39 is 0 Å². The Morgan fingerprint density at radius 2 is 2.10 bits per heavy atom. The molecule has 0 nitrogen and oxygen atoms in total. The fourth-order valence-corrected chi connectivity index (χ4v) is 2.13. The minimum absolute atomic E-state index is 0.0944.